The fourth-order valence-electron chi connectivity index (χ4n) is 1.55. The van der Waals surface area contributed by atoms with Crippen molar-refractivity contribution < 1.29 is 14.7 Å². The highest BCUT2D eigenvalue weighted by atomic mass is 79.9. The summed E-state index contributed by atoms with van der Waals surface area (Å²) in [5.74, 6) is -1.63. The summed E-state index contributed by atoms with van der Waals surface area (Å²) >= 11 is 3.34. The lowest BCUT2D eigenvalue weighted by Crippen LogP contribution is -2.44. The molecule has 0 heterocycles. The molecule has 0 aliphatic rings. The number of rotatable bonds is 4. The molecule has 4 nitrogen and oxygen atoms in total. The van der Waals surface area contributed by atoms with Crippen LogP contribution >= 0.6 is 15.9 Å². The Labute approximate surface area is 108 Å². The van der Waals surface area contributed by atoms with E-state index in [-0.39, 0.29) is 6.42 Å². The van der Waals surface area contributed by atoms with Gasteiger partial charge in [-0.1, -0.05) is 34.1 Å². The van der Waals surface area contributed by atoms with Gasteiger partial charge in [-0.05, 0) is 25.0 Å². The van der Waals surface area contributed by atoms with Crippen LogP contribution in [-0.2, 0) is 16.0 Å². The second kappa shape index (κ2) is 5.31. The topological polar surface area (TPSA) is 66.4 Å². The van der Waals surface area contributed by atoms with Crippen molar-refractivity contribution in [2.24, 2.45) is 5.41 Å². The summed E-state index contributed by atoms with van der Waals surface area (Å²) in [6.07, 6.45) is 0.142. The zero-order valence-electron chi connectivity index (χ0n) is 9.66. The van der Waals surface area contributed by atoms with Crippen LogP contribution in [0.2, 0.25) is 0 Å². The van der Waals surface area contributed by atoms with Crippen molar-refractivity contribution in [1.29, 1.82) is 0 Å². The summed E-state index contributed by atoms with van der Waals surface area (Å²) in [5, 5.41) is 11.6. The number of hydrogen-bond acceptors (Lipinski definition) is 2. The lowest BCUT2D eigenvalue weighted by molar-refractivity contribution is -0.154. The summed E-state index contributed by atoms with van der Waals surface area (Å²) in [6.45, 7) is 1.42. The van der Waals surface area contributed by atoms with Gasteiger partial charge in [-0.15, -0.1) is 0 Å². The van der Waals surface area contributed by atoms with Crippen LogP contribution < -0.4 is 5.32 Å². The number of carboxylic acid groups (broad SMARTS) is 1. The molecule has 0 radical (unpaired) electrons. The molecule has 0 saturated heterocycles. The summed E-state index contributed by atoms with van der Waals surface area (Å²) in [6, 6.07) is 7.27. The molecule has 2 N–H and O–H groups in total. The summed E-state index contributed by atoms with van der Waals surface area (Å²) in [5.41, 5.74) is -0.667. The van der Waals surface area contributed by atoms with Crippen molar-refractivity contribution >= 4 is 27.8 Å². The van der Waals surface area contributed by atoms with Crippen molar-refractivity contribution in [2.75, 3.05) is 7.05 Å². The third-order valence-electron chi connectivity index (χ3n) is 2.70. The van der Waals surface area contributed by atoms with Gasteiger partial charge in [-0.25, -0.2) is 0 Å². The first-order valence-corrected chi connectivity index (χ1v) is 5.90. The van der Waals surface area contributed by atoms with Gasteiger partial charge in [-0.2, -0.15) is 0 Å². The highest BCUT2D eigenvalue weighted by Crippen LogP contribution is 2.27. The number of carbonyl (C=O) groups is 2. The SMILES string of the molecule is CNC(=O)C(C)(Cc1ccccc1Br)C(=O)O. The van der Waals surface area contributed by atoms with E-state index in [0.717, 1.165) is 10.0 Å². The summed E-state index contributed by atoms with van der Waals surface area (Å²) in [7, 11) is 1.43. The molecule has 1 atom stereocenters. The zero-order chi connectivity index (χ0) is 13.1. The van der Waals surface area contributed by atoms with Gasteiger partial charge in [0.05, 0.1) is 0 Å². The average Bonchev–Trinajstić information content (AvgIpc) is 2.30. The smallest absolute Gasteiger partial charge is 0.319 e. The van der Waals surface area contributed by atoms with Crippen LogP contribution in [0.5, 0.6) is 0 Å². The Bertz CT molecular complexity index is 447. The fourth-order valence-corrected chi connectivity index (χ4v) is 1.98. The van der Waals surface area contributed by atoms with Gasteiger partial charge in [0, 0.05) is 11.5 Å². The Balaban J connectivity index is 3.08. The Morgan fingerprint density at radius 2 is 2.00 bits per heavy atom. The molecular formula is C12H14BrNO3. The molecular weight excluding hydrogens is 286 g/mol. The number of carboxylic acids is 1. The van der Waals surface area contributed by atoms with Crippen molar-refractivity contribution in [3.63, 3.8) is 0 Å². The minimum absolute atomic E-state index is 0.142. The van der Waals surface area contributed by atoms with Gasteiger partial charge in [0.25, 0.3) is 0 Å². The molecule has 1 unspecified atom stereocenters. The molecule has 0 fully saturated rings. The standard InChI is InChI=1S/C12H14BrNO3/c1-12(11(16)17,10(15)14-2)7-8-5-3-4-6-9(8)13/h3-6H,7H2,1-2H3,(H,14,15)(H,16,17). The van der Waals surface area contributed by atoms with E-state index >= 15 is 0 Å². The average molecular weight is 300 g/mol. The normalized spacial score (nSPS) is 13.8. The van der Waals surface area contributed by atoms with Crippen LogP contribution in [0.25, 0.3) is 0 Å². The third-order valence-corrected chi connectivity index (χ3v) is 3.48. The maximum atomic E-state index is 11.7. The first kappa shape index (κ1) is 13.7. The van der Waals surface area contributed by atoms with E-state index in [1.807, 2.05) is 18.2 Å². The Morgan fingerprint density at radius 3 is 2.47 bits per heavy atom. The molecule has 92 valence electrons. The lowest BCUT2D eigenvalue weighted by Gasteiger charge is -2.23. The van der Waals surface area contributed by atoms with Gasteiger partial charge in [-0.3, -0.25) is 9.59 Å². The molecule has 0 saturated carbocycles. The van der Waals surface area contributed by atoms with Gasteiger partial charge in [0.15, 0.2) is 0 Å². The number of benzene rings is 1. The second-order valence-corrected chi connectivity index (χ2v) is 4.84. The van der Waals surface area contributed by atoms with Gasteiger partial charge in [0.1, 0.15) is 5.41 Å². The molecule has 1 aromatic rings. The van der Waals surface area contributed by atoms with E-state index < -0.39 is 17.3 Å². The van der Waals surface area contributed by atoms with Crippen molar-refractivity contribution in [3.05, 3.63) is 34.3 Å². The molecule has 1 aromatic carbocycles. The van der Waals surface area contributed by atoms with Crippen LogP contribution in [0.4, 0.5) is 0 Å². The lowest BCUT2D eigenvalue weighted by atomic mass is 9.82. The van der Waals surface area contributed by atoms with Crippen LogP contribution in [-0.4, -0.2) is 24.0 Å². The van der Waals surface area contributed by atoms with Crippen LogP contribution in [0.15, 0.2) is 28.7 Å². The van der Waals surface area contributed by atoms with Crippen molar-refractivity contribution in [3.8, 4) is 0 Å². The maximum Gasteiger partial charge on any atom is 0.319 e. The van der Waals surface area contributed by atoms with E-state index in [1.165, 1.54) is 14.0 Å². The molecule has 0 aliphatic heterocycles. The van der Waals surface area contributed by atoms with E-state index in [4.69, 9.17) is 0 Å². The minimum atomic E-state index is -1.46. The Kier molecular flexibility index (Phi) is 4.28. The Hall–Kier alpha value is -1.36. The van der Waals surface area contributed by atoms with E-state index in [1.54, 1.807) is 6.07 Å². The quantitative estimate of drug-likeness (QED) is 0.834. The molecule has 0 aliphatic carbocycles. The van der Waals surface area contributed by atoms with Crippen molar-refractivity contribution in [1.82, 2.24) is 5.32 Å². The highest BCUT2D eigenvalue weighted by Gasteiger charge is 2.41. The first-order valence-electron chi connectivity index (χ1n) is 5.11. The van der Waals surface area contributed by atoms with E-state index in [0.29, 0.717) is 0 Å². The van der Waals surface area contributed by atoms with Gasteiger partial charge in [0.2, 0.25) is 5.91 Å². The van der Waals surface area contributed by atoms with Gasteiger partial charge >= 0.3 is 5.97 Å². The Morgan fingerprint density at radius 1 is 1.41 bits per heavy atom. The molecule has 0 spiro atoms. The predicted molar refractivity (Wildman–Crippen MR) is 67.7 cm³/mol. The number of hydrogen-bond donors (Lipinski definition) is 2. The molecule has 17 heavy (non-hydrogen) atoms. The fraction of sp³-hybridized carbons (Fsp3) is 0.333. The molecule has 1 rings (SSSR count). The summed E-state index contributed by atoms with van der Waals surface area (Å²) < 4.78 is 0.802. The second-order valence-electron chi connectivity index (χ2n) is 3.98. The molecule has 5 heteroatoms. The number of aliphatic carboxylic acids is 1. The van der Waals surface area contributed by atoms with Crippen LogP contribution in [0, 0.1) is 5.41 Å². The summed E-state index contributed by atoms with van der Waals surface area (Å²) in [4.78, 5) is 22.9. The number of halogens is 1. The maximum absolute atomic E-state index is 11.7. The van der Waals surface area contributed by atoms with Gasteiger partial charge < -0.3 is 10.4 Å². The van der Waals surface area contributed by atoms with E-state index in [2.05, 4.69) is 21.2 Å². The molecule has 1 amide bonds. The first-order chi connectivity index (χ1) is 7.91. The van der Waals surface area contributed by atoms with Crippen LogP contribution in [0.3, 0.4) is 0 Å². The number of nitrogens with one attached hydrogen (secondary N) is 1. The zero-order valence-corrected chi connectivity index (χ0v) is 11.2. The van der Waals surface area contributed by atoms with Crippen LogP contribution in [0.1, 0.15) is 12.5 Å². The molecule has 0 aromatic heterocycles. The third kappa shape index (κ3) is 2.85. The largest absolute Gasteiger partial charge is 0.480 e. The minimum Gasteiger partial charge on any atom is -0.480 e. The number of amides is 1. The number of carbonyl (C=O) groups excluding carboxylic acids is 1. The molecule has 0 bridgehead atoms. The van der Waals surface area contributed by atoms with Crippen molar-refractivity contribution in [2.45, 2.75) is 13.3 Å². The highest BCUT2D eigenvalue weighted by molar-refractivity contribution is 9.10. The van der Waals surface area contributed by atoms with E-state index in [9.17, 15) is 14.7 Å². The predicted octanol–water partition coefficient (Wildman–Crippen LogP) is 1.83. The monoisotopic (exact) mass is 299 g/mol.